The first kappa shape index (κ1) is 14.1. The highest BCUT2D eigenvalue weighted by atomic mass is 79.9. The molecule has 3 N–H and O–H groups in total. The molecular weight excluding hydrogens is 324 g/mol. The van der Waals surface area contributed by atoms with Crippen LogP contribution in [0.1, 0.15) is 0 Å². The Morgan fingerprint density at radius 1 is 1.05 bits per heavy atom. The van der Waals surface area contributed by atoms with Gasteiger partial charge in [0, 0.05) is 20.0 Å². The minimum Gasteiger partial charge on any atom is -0.325 e. The highest BCUT2D eigenvalue weighted by Crippen LogP contribution is 2.29. The Morgan fingerprint density at radius 2 is 1.58 bits per heavy atom. The van der Waals surface area contributed by atoms with Gasteiger partial charge < -0.3 is 11.1 Å². The second-order valence-corrected chi connectivity index (χ2v) is 5.90. The van der Waals surface area contributed by atoms with Gasteiger partial charge in [0.05, 0.1) is 6.54 Å². The molecular formula is C14H13BrN2OS. The third-order valence-electron chi connectivity index (χ3n) is 2.37. The maximum absolute atomic E-state index is 11.1. The Hall–Kier alpha value is -1.30. The molecule has 2 aromatic rings. The van der Waals surface area contributed by atoms with Crippen molar-refractivity contribution in [3.05, 3.63) is 53.0 Å². The molecule has 0 aliphatic heterocycles. The second kappa shape index (κ2) is 6.75. The predicted molar refractivity (Wildman–Crippen MR) is 82.4 cm³/mol. The van der Waals surface area contributed by atoms with Crippen molar-refractivity contribution in [3.63, 3.8) is 0 Å². The van der Waals surface area contributed by atoms with Gasteiger partial charge in [0.25, 0.3) is 0 Å². The molecule has 1 amide bonds. The van der Waals surface area contributed by atoms with Gasteiger partial charge >= 0.3 is 0 Å². The smallest absolute Gasteiger partial charge is 0.238 e. The van der Waals surface area contributed by atoms with Gasteiger partial charge in [-0.3, -0.25) is 4.79 Å². The van der Waals surface area contributed by atoms with Gasteiger partial charge in [0.1, 0.15) is 0 Å². The van der Waals surface area contributed by atoms with Crippen molar-refractivity contribution < 1.29 is 4.79 Å². The van der Waals surface area contributed by atoms with Gasteiger partial charge in [-0.05, 0) is 48.5 Å². The van der Waals surface area contributed by atoms with E-state index in [0.717, 1.165) is 15.1 Å². The fourth-order valence-corrected chi connectivity index (χ4v) is 2.54. The first-order chi connectivity index (χ1) is 9.17. The van der Waals surface area contributed by atoms with Crippen LogP contribution in [0.2, 0.25) is 0 Å². The summed E-state index contributed by atoms with van der Waals surface area (Å²) in [4.78, 5) is 13.4. The summed E-state index contributed by atoms with van der Waals surface area (Å²) in [6, 6.07) is 15.8. The molecule has 0 atom stereocenters. The molecule has 0 fully saturated rings. The summed E-state index contributed by atoms with van der Waals surface area (Å²) in [5, 5.41) is 2.71. The SMILES string of the molecule is NCC(=O)Nc1ccc(Sc2ccc(Br)cc2)cc1. The highest BCUT2D eigenvalue weighted by Gasteiger charge is 2.01. The number of benzene rings is 2. The number of rotatable bonds is 4. The zero-order chi connectivity index (χ0) is 13.7. The van der Waals surface area contributed by atoms with E-state index in [1.165, 1.54) is 4.90 Å². The molecule has 0 radical (unpaired) electrons. The topological polar surface area (TPSA) is 55.1 Å². The van der Waals surface area contributed by atoms with Crippen LogP contribution in [0.3, 0.4) is 0 Å². The summed E-state index contributed by atoms with van der Waals surface area (Å²) in [5.41, 5.74) is 6.00. The van der Waals surface area contributed by atoms with Crippen LogP contribution in [0.4, 0.5) is 5.69 Å². The lowest BCUT2D eigenvalue weighted by Crippen LogP contribution is -2.21. The lowest BCUT2D eigenvalue weighted by atomic mass is 10.3. The number of halogens is 1. The van der Waals surface area contributed by atoms with Crippen molar-refractivity contribution in [1.29, 1.82) is 0 Å². The average molecular weight is 337 g/mol. The quantitative estimate of drug-likeness (QED) is 0.898. The molecule has 0 saturated heterocycles. The third kappa shape index (κ3) is 4.38. The number of anilines is 1. The van der Waals surface area contributed by atoms with E-state index in [4.69, 9.17) is 5.73 Å². The number of carbonyl (C=O) groups excluding carboxylic acids is 1. The molecule has 2 aromatic carbocycles. The average Bonchev–Trinajstić information content (AvgIpc) is 2.43. The molecule has 19 heavy (non-hydrogen) atoms. The van der Waals surface area contributed by atoms with E-state index in [9.17, 15) is 4.79 Å². The first-order valence-corrected chi connectivity index (χ1v) is 7.32. The van der Waals surface area contributed by atoms with Crippen LogP contribution in [-0.2, 0) is 4.79 Å². The van der Waals surface area contributed by atoms with Crippen LogP contribution in [0, 0.1) is 0 Å². The Morgan fingerprint density at radius 3 is 2.11 bits per heavy atom. The van der Waals surface area contributed by atoms with E-state index in [1.807, 2.05) is 36.4 Å². The Bertz CT molecular complexity index is 555. The third-order valence-corrected chi connectivity index (χ3v) is 3.92. The molecule has 3 nitrogen and oxygen atoms in total. The molecule has 0 aliphatic carbocycles. The molecule has 0 aliphatic rings. The van der Waals surface area contributed by atoms with Gasteiger partial charge in [-0.1, -0.05) is 27.7 Å². The first-order valence-electron chi connectivity index (χ1n) is 5.71. The molecule has 2 rings (SSSR count). The monoisotopic (exact) mass is 336 g/mol. The zero-order valence-electron chi connectivity index (χ0n) is 10.1. The van der Waals surface area contributed by atoms with Crippen molar-refractivity contribution in [1.82, 2.24) is 0 Å². The maximum Gasteiger partial charge on any atom is 0.238 e. The normalized spacial score (nSPS) is 10.2. The molecule has 98 valence electrons. The minimum atomic E-state index is -0.187. The molecule has 0 unspecified atom stereocenters. The predicted octanol–water partition coefficient (Wildman–Crippen LogP) is 3.50. The fraction of sp³-hybridized carbons (Fsp3) is 0.0714. The Kier molecular flexibility index (Phi) is 5.01. The second-order valence-electron chi connectivity index (χ2n) is 3.83. The molecule has 0 bridgehead atoms. The summed E-state index contributed by atoms with van der Waals surface area (Å²) in [7, 11) is 0. The van der Waals surface area contributed by atoms with Crippen LogP contribution >= 0.6 is 27.7 Å². The molecule has 5 heteroatoms. The van der Waals surface area contributed by atoms with Crippen molar-refractivity contribution in [2.75, 3.05) is 11.9 Å². The summed E-state index contributed by atoms with van der Waals surface area (Å²) < 4.78 is 1.07. The lowest BCUT2D eigenvalue weighted by Gasteiger charge is -2.05. The Labute approximate surface area is 124 Å². The summed E-state index contributed by atoms with van der Waals surface area (Å²) >= 11 is 5.08. The van der Waals surface area contributed by atoms with Crippen molar-refractivity contribution in [3.8, 4) is 0 Å². The van der Waals surface area contributed by atoms with E-state index >= 15 is 0 Å². The van der Waals surface area contributed by atoms with E-state index < -0.39 is 0 Å². The van der Waals surface area contributed by atoms with Crippen LogP contribution in [0.5, 0.6) is 0 Å². The molecule has 0 aromatic heterocycles. The van der Waals surface area contributed by atoms with Crippen LogP contribution in [0.25, 0.3) is 0 Å². The van der Waals surface area contributed by atoms with E-state index in [2.05, 4.69) is 33.4 Å². The van der Waals surface area contributed by atoms with Gasteiger partial charge in [0.15, 0.2) is 0 Å². The molecule has 0 heterocycles. The number of carbonyl (C=O) groups is 1. The number of nitrogens with one attached hydrogen (secondary N) is 1. The molecule has 0 spiro atoms. The number of nitrogens with two attached hydrogens (primary N) is 1. The van der Waals surface area contributed by atoms with Crippen LogP contribution in [0.15, 0.2) is 62.8 Å². The van der Waals surface area contributed by atoms with Gasteiger partial charge in [-0.25, -0.2) is 0 Å². The Balaban J connectivity index is 2.02. The zero-order valence-corrected chi connectivity index (χ0v) is 12.5. The fourth-order valence-electron chi connectivity index (χ4n) is 1.46. The highest BCUT2D eigenvalue weighted by molar-refractivity contribution is 9.10. The van der Waals surface area contributed by atoms with Crippen LogP contribution < -0.4 is 11.1 Å². The van der Waals surface area contributed by atoms with Gasteiger partial charge in [-0.15, -0.1) is 0 Å². The number of hydrogen-bond donors (Lipinski definition) is 2. The van der Waals surface area contributed by atoms with E-state index in [-0.39, 0.29) is 12.5 Å². The number of hydrogen-bond acceptors (Lipinski definition) is 3. The lowest BCUT2D eigenvalue weighted by molar-refractivity contribution is -0.114. The van der Waals surface area contributed by atoms with Crippen molar-refractivity contribution >= 4 is 39.3 Å². The summed E-state index contributed by atoms with van der Waals surface area (Å²) in [5.74, 6) is -0.187. The largest absolute Gasteiger partial charge is 0.325 e. The summed E-state index contributed by atoms with van der Waals surface area (Å²) in [6.45, 7) is -0.00457. The standard InChI is InChI=1S/C14H13BrN2OS/c15-10-1-5-12(6-2-10)19-13-7-3-11(4-8-13)17-14(18)9-16/h1-8H,9,16H2,(H,17,18). The van der Waals surface area contributed by atoms with E-state index in [1.54, 1.807) is 11.8 Å². The van der Waals surface area contributed by atoms with Crippen molar-refractivity contribution in [2.45, 2.75) is 9.79 Å². The minimum absolute atomic E-state index is 0.00457. The summed E-state index contributed by atoms with van der Waals surface area (Å²) in [6.07, 6.45) is 0. The molecule has 0 saturated carbocycles. The van der Waals surface area contributed by atoms with Gasteiger partial charge in [-0.2, -0.15) is 0 Å². The van der Waals surface area contributed by atoms with E-state index in [0.29, 0.717) is 0 Å². The maximum atomic E-state index is 11.1. The van der Waals surface area contributed by atoms with Crippen molar-refractivity contribution in [2.24, 2.45) is 5.73 Å². The van der Waals surface area contributed by atoms with Gasteiger partial charge in [0.2, 0.25) is 5.91 Å². The van der Waals surface area contributed by atoms with Crippen LogP contribution in [-0.4, -0.2) is 12.5 Å². The number of amides is 1.